The molecule has 0 aromatic heterocycles. The number of nitrogens with zero attached hydrogens (tertiary/aromatic N) is 1. The Hall–Kier alpha value is -1.59. The normalized spacial score (nSPS) is 25.4. The first-order valence-corrected chi connectivity index (χ1v) is 7.65. The summed E-state index contributed by atoms with van der Waals surface area (Å²) in [4.78, 5) is 14.5. The maximum atomic E-state index is 12.2. The van der Waals surface area contributed by atoms with Crippen molar-refractivity contribution in [3.63, 3.8) is 0 Å². The fraction of sp³-hybridized carbons (Fsp3) is 0.562. The lowest BCUT2D eigenvalue weighted by atomic mass is 9.94. The van der Waals surface area contributed by atoms with Gasteiger partial charge in [-0.05, 0) is 37.4 Å². The average Bonchev–Trinajstić information content (AvgIpc) is 2.89. The Morgan fingerprint density at radius 3 is 3.10 bits per heavy atom. The number of methoxy groups -OCH3 is 1. The van der Waals surface area contributed by atoms with Crippen LogP contribution in [0.25, 0.3) is 0 Å². The molecule has 2 saturated heterocycles. The summed E-state index contributed by atoms with van der Waals surface area (Å²) >= 11 is 0. The second-order valence-electron chi connectivity index (χ2n) is 5.91. The van der Waals surface area contributed by atoms with Crippen LogP contribution < -0.4 is 15.4 Å². The molecule has 3 rings (SSSR count). The van der Waals surface area contributed by atoms with E-state index in [1.165, 1.54) is 12.8 Å². The van der Waals surface area contributed by atoms with Crippen LogP contribution in [0.1, 0.15) is 12.8 Å². The number of likely N-dealkylation sites (tertiary alicyclic amines) is 1. The highest BCUT2D eigenvalue weighted by Gasteiger charge is 2.34. The van der Waals surface area contributed by atoms with Gasteiger partial charge in [0.2, 0.25) is 5.91 Å². The minimum atomic E-state index is 0.0261. The monoisotopic (exact) mass is 289 g/mol. The first-order valence-electron chi connectivity index (χ1n) is 7.65. The third-order valence-corrected chi connectivity index (χ3v) is 4.42. The number of nitrogens with one attached hydrogen (secondary N) is 2. The molecule has 0 spiro atoms. The first-order chi connectivity index (χ1) is 10.3. The number of anilines is 1. The molecule has 5 nitrogen and oxygen atoms in total. The Morgan fingerprint density at radius 2 is 2.29 bits per heavy atom. The molecule has 2 N–H and O–H groups in total. The fourth-order valence-electron chi connectivity index (χ4n) is 3.41. The van der Waals surface area contributed by atoms with Gasteiger partial charge >= 0.3 is 0 Å². The van der Waals surface area contributed by atoms with Crippen molar-refractivity contribution >= 4 is 11.6 Å². The van der Waals surface area contributed by atoms with E-state index >= 15 is 0 Å². The topological polar surface area (TPSA) is 53.6 Å². The van der Waals surface area contributed by atoms with Gasteiger partial charge in [-0.25, -0.2) is 0 Å². The van der Waals surface area contributed by atoms with Gasteiger partial charge in [-0.1, -0.05) is 12.1 Å². The van der Waals surface area contributed by atoms with Crippen molar-refractivity contribution in [2.24, 2.45) is 5.92 Å². The number of ether oxygens (including phenoxy) is 1. The van der Waals surface area contributed by atoms with Gasteiger partial charge in [0.05, 0.1) is 19.3 Å². The summed E-state index contributed by atoms with van der Waals surface area (Å²) < 4.78 is 5.26. The van der Waals surface area contributed by atoms with Crippen molar-refractivity contribution in [1.82, 2.24) is 10.2 Å². The van der Waals surface area contributed by atoms with Crippen LogP contribution in [0.3, 0.4) is 0 Å². The minimum absolute atomic E-state index is 0.0261. The summed E-state index contributed by atoms with van der Waals surface area (Å²) in [6.45, 7) is 3.57. The van der Waals surface area contributed by atoms with Crippen LogP contribution in [0.2, 0.25) is 0 Å². The van der Waals surface area contributed by atoms with Gasteiger partial charge in [0.15, 0.2) is 0 Å². The van der Waals surface area contributed by atoms with Crippen LogP contribution in [0.5, 0.6) is 5.75 Å². The summed E-state index contributed by atoms with van der Waals surface area (Å²) in [6.07, 6.45) is 2.53. The molecule has 21 heavy (non-hydrogen) atoms. The van der Waals surface area contributed by atoms with Crippen LogP contribution in [0.15, 0.2) is 24.3 Å². The lowest BCUT2D eigenvalue weighted by Crippen LogP contribution is -2.41. The second-order valence-corrected chi connectivity index (χ2v) is 5.91. The Balaban J connectivity index is 1.55. The summed E-state index contributed by atoms with van der Waals surface area (Å²) in [7, 11) is 1.61. The Morgan fingerprint density at radius 1 is 1.43 bits per heavy atom. The van der Waals surface area contributed by atoms with Crippen LogP contribution in [0, 0.1) is 5.92 Å². The zero-order valence-electron chi connectivity index (χ0n) is 12.5. The van der Waals surface area contributed by atoms with Gasteiger partial charge in [-0.2, -0.15) is 0 Å². The van der Waals surface area contributed by atoms with Crippen molar-refractivity contribution in [2.45, 2.75) is 18.9 Å². The third kappa shape index (κ3) is 3.36. The largest absolute Gasteiger partial charge is 0.495 e. The molecule has 1 aromatic carbocycles. The molecule has 5 heteroatoms. The number of rotatable bonds is 4. The molecule has 2 heterocycles. The van der Waals surface area contributed by atoms with Gasteiger partial charge in [-0.15, -0.1) is 0 Å². The number of hydrogen-bond acceptors (Lipinski definition) is 4. The molecule has 1 amide bonds. The number of amides is 1. The Labute approximate surface area is 125 Å². The molecular formula is C16H23N3O2. The number of para-hydroxylation sites is 2. The average molecular weight is 289 g/mol. The van der Waals surface area contributed by atoms with E-state index in [9.17, 15) is 4.79 Å². The van der Waals surface area contributed by atoms with Gasteiger partial charge in [0.25, 0.3) is 0 Å². The number of piperidine rings is 1. The molecule has 2 atom stereocenters. The molecule has 2 aliphatic heterocycles. The van der Waals surface area contributed by atoms with Crippen molar-refractivity contribution < 1.29 is 9.53 Å². The number of hydrogen-bond donors (Lipinski definition) is 2. The number of carbonyl (C=O) groups excluding carboxylic acids is 1. The molecule has 0 aliphatic carbocycles. The van der Waals surface area contributed by atoms with Crippen LogP contribution in [0.4, 0.5) is 5.69 Å². The lowest BCUT2D eigenvalue weighted by molar-refractivity contribution is -0.117. The Kier molecular flexibility index (Phi) is 4.41. The van der Waals surface area contributed by atoms with E-state index in [-0.39, 0.29) is 5.91 Å². The van der Waals surface area contributed by atoms with Crippen LogP contribution in [-0.2, 0) is 4.79 Å². The maximum absolute atomic E-state index is 12.2. The zero-order chi connectivity index (χ0) is 14.7. The minimum Gasteiger partial charge on any atom is -0.495 e. The van der Waals surface area contributed by atoms with Gasteiger partial charge in [0.1, 0.15) is 5.75 Å². The fourth-order valence-corrected chi connectivity index (χ4v) is 3.41. The second kappa shape index (κ2) is 6.45. The van der Waals surface area contributed by atoms with E-state index < -0.39 is 0 Å². The predicted octanol–water partition coefficient (Wildman–Crippen LogP) is 1.32. The third-order valence-electron chi connectivity index (χ3n) is 4.42. The number of carbonyl (C=O) groups is 1. The zero-order valence-corrected chi connectivity index (χ0v) is 12.5. The Bertz CT molecular complexity index is 492. The van der Waals surface area contributed by atoms with Crippen molar-refractivity contribution in [3.8, 4) is 5.75 Å². The first kappa shape index (κ1) is 14.4. The summed E-state index contributed by atoms with van der Waals surface area (Å²) in [6, 6.07) is 8.07. The van der Waals surface area contributed by atoms with Crippen LogP contribution in [-0.4, -0.2) is 50.1 Å². The smallest absolute Gasteiger partial charge is 0.238 e. The lowest BCUT2D eigenvalue weighted by Gasteiger charge is -2.24. The number of fused-ring (bicyclic) bond motifs is 1. The molecule has 2 fully saturated rings. The summed E-state index contributed by atoms with van der Waals surface area (Å²) in [5.74, 6) is 1.43. The van der Waals surface area contributed by atoms with E-state index in [4.69, 9.17) is 4.74 Å². The molecular weight excluding hydrogens is 266 g/mol. The highest BCUT2D eigenvalue weighted by atomic mass is 16.5. The van der Waals surface area contributed by atoms with E-state index in [2.05, 4.69) is 15.5 Å². The molecule has 0 unspecified atom stereocenters. The van der Waals surface area contributed by atoms with Gasteiger partial charge in [-0.3, -0.25) is 9.69 Å². The predicted molar refractivity (Wildman–Crippen MR) is 82.6 cm³/mol. The van der Waals surface area contributed by atoms with E-state index in [0.717, 1.165) is 25.3 Å². The van der Waals surface area contributed by atoms with Gasteiger partial charge in [0, 0.05) is 19.1 Å². The van der Waals surface area contributed by atoms with Crippen molar-refractivity contribution in [3.05, 3.63) is 24.3 Å². The highest BCUT2D eigenvalue weighted by molar-refractivity contribution is 5.93. The SMILES string of the molecule is COc1ccccc1NC(=O)CN1C[C@@H]2CCCN[C@@H]2C1. The van der Waals surface area contributed by atoms with E-state index in [0.29, 0.717) is 24.3 Å². The standard InChI is InChI=1S/C16H23N3O2/c1-21-15-7-3-2-6-13(15)18-16(20)11-19-9-12-5-4-8-17-14(12)10-19/h2-3,6-7,12,14,17H,4-5,8-11H2,1H3,(H,18,20)/t12-,14+/m0/s1. The summed E-state index contributed by atoms with van der Waals surface area (Å²) in [5.41, 5.74) is 0.736. The summed E-state index contributed by atoms with van der Waals surface area (Å²) in [5, 5.41) is 6.50. The number of benzene rings is 1. The van der Waals surface area contributed by atoms with E-state index in [1.807, 2.05) is 24.3 Å². The molecule has 0 bridgehead atoms. The molecule has 2 aliphatic rings. The molecule has 1 aromatic rings. The van der Waals surface area contributed by atoms with Gasteiger partial charge < -0.3 is 15.4 Å². The molecule has 0 saturated carbocycles. The maximum Gasteiger partial charge on any atom is 0.238 e. The van der Waals surface area contributed by atoms with Crippen molar-refractivity contribution in [1.29, 1.82) is 0 Å². The highest BCUT2D eigenvalue weighted by Crippen LogP contribution is 2.25. The van der Waals surface area contributed by atoms with Crippen LogP contribution >= 0.6 is 0 Å². The quantitative estimate of drug-likeness (QED) is 0.878. The van der Waals surface area contributed by atoms with E-state index in [1.54, 1.807) is 7.11 Å². The molecule has 114 valence electrons. The van der Waals surface area contributed by atoms with Crippen molar-refractivity contribution in [2.75, 3.05) is 38.6 Å². The molecule has 0 radical (unpaired) electrons.